The van der Waals surface area contributed by atoms with E-state index in [4.69, 9.17) is 5.26 Å². The molecule has 2 nitrogen and oxygen atoms in total. The minimum Gasteiger partial charge on any atom is -0.384 e. The molecule has 0 radical (unpaired) electrons. The first-order valence-corrected chi connectivity index (χ1v) is 6.02. The lowest BCUT2D eigenvalue weighted by atomic mass is 10.1. The summed E-state index contributed by atoms with van der Waals surface area (Å²) >= 11 is 0. The molecule has 0 aliphatic carbocycles. The van der Waals surface area contributed by atoms with Crippen molar-refractivity contribution in [3.63, 3.8) is 0 Å². The van der Waals surface area contributed by atoms with Gasteiger partial charge in [-0.2, -0.15) is 5.26 Å². The molecule has 0 atom stereocenters. The number of hydrogen-bond donors (Lipinski definition) is 1. The molecule has 0 heterocycles. The summed E-state index contributed by atoms with van der Waals surface area (Å²) in [6, 6.07) is 8.18. The highest BCUT2D eigenvalue weighted by atomic mass is 14.9. The Kier molecular flexibility index (Phi) is 5.42. The number of nitriles is 1. The molecule has 0 spiro atoms. The minimum absolute atomic E-state index is 0.746. The molecule has 0 bridgehead atoms. The van der Waals surface area contributed by atoms with Crippen LogP contribution in [0, 0.1) is 18.3 Å². The van der Waals surface area contributed by atoms with Gasteiger partial charge in [-0.3, -0.25) is 0 Å². The van der Waals surface area contributed by atoms with Crippen molar-refractivity contribution in [3.05, 3.63) is 29.3 Å². The van der Waals surface area contributed by atoms with E-state index < -0.39 is 0 Å². The van der Waals surface area contributed by atoms with Gasteiger partial charge in [0.2, 0.25) is 0 Å². The summed E-state index contributed by atoms with van der Waals surface area (Å²) in [6.07, 6.45) is 4.98. The van der Waals surface area contributed by atoms with Crippen molar-refractivity contribution in [1.29, 1.82) is 5.26 Å². The molecule has 16 heavy (non-hydrogen) atoms. The lowest BCUT2D eigenvalue weighted by molar-refractivity contribution is 0.685. The summed E-state index contributed by atoms with van der Waals surface area (Å²) in [4.78, 5) is 0. The fraction of sp³-hybridized carbons (Fsp3) is 0.500. The third kappa shape index (κ3) is 3.94. The van der Waals surface area contributed by atoms with Crippen LogP contribution >= 0.6 is 0 Å². The number of anilines is 1. The average molecular weight is 216 g/mol. The number of benzene rings is 1. The van der Waals surface area contributed by atoms with Gasteiger partial charge in [-0.15, -0.1) is 0 Å². The highest BCUT2D eigenvalue weighted by molar-refractivity contribution is 5.58. The zero-order chi connectivity index (χ0) is 11.8. The fourth-order valence-electron chi connectivity index (χ4n) is 1.68. The summed E-state index contributed by atoms with van der Waals surface area (Å²) in [5.41, 5.74) is 2.84. The topological polar surface area (TPSA) is 35.8 Å². The Morgan fingerprint density at radius 2 is 2.06 bits per heavy atom. The molecule has 0 fully saturated rings. The van der Waals surface area contributed by atoms with E-state index in [-0.39, 0.29) is 0 Å². The van der Waals surface area contributed by atoms with E-state index in [1.807, 2.05) is 25.1 Å². The maximum Gasteiger partial charge on any atom is 0.101 e. The Hall–Kier alpha value is -1.49. The molecule has 1 aromatic carbocycles. The van der Waals surface area contributed by atoms with Gasteiger partial charge >= 0.3 is 0 Å². The normalized spacial score (nSPS) is 9.81. The molecular weight excluding hydrogens is 196 g/mol. The molecule has 0 aliphatic rings. The Morgan fingerprint density at radius 3 is 2.75 bits per heavy atom. The first-order chi connectivity index (χ1) is 7.77. The second-order valence-corrected chi connectivity index (χ2v) is 4.15. The molecule has 1 aromatic rings. The standard InChI is InChI=1S/C14H20N2/c1-3-4-5-6-9-16-14-8-7-12(2)10-13(14)11-15/h7-8,10,16H,3-6,9H2,1-2H3. The van der Waals surface area contributed by atoms with Crippen molar-refractivity contribution < 1.29 is 0 Å². The quantitative estimate of drug-likeness (QED) is 0.733. The number of aryl methyl sites for hydroxylation is 1. The van der Waals surface area contributed by atoms with Crippen LogP contribution in [0.2, 0.25) is 0 Å². The van der Waals surface area contributed by atoms with E-state index >= 15 is 0 Å². The summed E-state index contributed by atoms with van der Waals surface area (Å²) in [5, 5.41) is 12.3. The second-order valence-electron chi connectivity index (χ2n) is 4.15. The third-order valence-corrected chi connectivity index (χ3v) is 2.64. The Balaban J connectivity index is 2.45. The van der Waals surface area contributed by atoms with Crippen molar-refractivity contribution in [2.75, 3.05) is 11.9 Å². The smallest absolute Gasteiger partial charge is 0.101 e. The van der Waals surface area contributed by atoms with Gasteiger partial charge in [-0.05, 0) is 31.0 Å². The van der Waals surface area contributed by atoms with Gasteiger partial charge in [0.05, 0.1) is 11.3 Å². The van der Waals surface area contributed by atoms with Gasteiger partial charge in [0.15, 0.2) is 0 Å². The first-order valence-electron chi connectivity index (χ1n) is 6.02. The predicted molar refractivity (Wildman–Crippen MR) is 68.5 cm³/mol. The van der Waals surface area contributed by atoms with Gasteiger partial charge in [-0.25, -0.2) is 0 Å². The van der Waals surface area contributed by atoms with Crippen LogP contribution in [0.3, 0.4) is 0 Å². The van der Waals surface area contributed by atoms with Crippen LogP contribution in [0.15, 0.2) is 18.2 Å². The van der Waals surface area contributed by atoms with E-state index in [9.17, 15) is 0 Å². The molecule has 1 rings (SSSR count). The molecule has 0 saturated heterocycles. The van der Waals surface area contributed by atoms with Crippen LogP contribution < -0.4 is 5.32 Å². The Bertz CT molecular complexity index is 363. The second kappa shape index (κ2) is 6.90. The van der Waals surface area contributed by atoms with Gasteiger partial charge in [0.25, 0.3) is 0 Å². The van der Waals surface area contributed by atoms with Crippen molar-refractivity contribution in [2.24, 2.45) is 0 Å². The highest BCUT2D eigenvalue weighted by Crippen LogP contribution is 2.16. The summed E-state index contributed by atoms with van der Waals surface area (Å²) in [7, 11) is 0. The number of nitrogens with one attached hydrogen (secondary N) is 1. The molecule has 2 heteroatoms. The largest absolute Gasteiger partial charge is 0.384 e. The van der Waals surface area contributed by atoms with Crippen LogP contribution in [0.4, 0.5) is 5.69 Å². The molecular formula is C14H20N2. The van der Waals surface area contributed by atoms with Crippen LogP contribution in [-0.2, 0) is 0 Å². The van der Waals surface area contributed by atoms with Crippen LogP contribution in [0.1, 0.15) is 43.7 Å². The number of hydrogen-bond acceptors (Lipinski definition) is 2. The maximum absolute atomic E-state index is 8.99. The molecule has 0 amide bonds. The van der Waals surface area contributed by atoms with Crippen molar-refractivity contribution in [3.8, 4) is 6.07 Å². The number of nitrogens with zero attached hydrogens (tertiary/aromatic N) is 1. The predicted octanol–water partition coefficient (Wildman–Crippen LogP) is 3.86. The van der Waals surface area contributed by atoms with Gasteiger partial charge < -0.3 is 5.32 Å². The van der Waals surface area contributed by atoms with Gasteiger partial charge in [0.1, 0.15) is 6.07 Å². The third-order valence-electron chi connectivity index (χ3n) is 2.64. The number of rotatable bonds is 6. The van der Waals surface area contributed by atoms with E-state index in [0.29, 0.717) is 0 Å². The molecule has 86 valence electrons. The average Bonchev–Trinajstić information content (AvgIpc) is 2.30. The highest BCUT2D eigenvalue weighted by Gasteiger charge is 2.00. The lowest BCUT2D eigenvalue weighted by Crippen LogP contribution is -2.03. The van der Waals surface area contributed by atoms with Crippen molar-refractivity contribution >= 4 is 5.69 Å². The Morgan fingerprint density at radius 1 is 1.25 bits per heavy atom. The van der Waals surface area contributed by atoms with Crippen molar-refractivity contribution in [1.82, 2.24) is 0 Å². The molecule has 0 aromatic heterocycles. The van der Waals surface area contributed by atoms with E-state index in [2.05, 4.69) is 18.3 Å². The van der Waals surface area contributed by atoms with Gasteiger partial charge in [0, 0.05) is 6.54 Å². The van der Waals surface area contributed by atoms with Crippen LogP contribution in [-0.4, -0.2) is 6.54 Å². The molecule has 0 aliphatic heterocycles. The molecule has 0 unspecified atom stereocenters. The fourth-order valence-corrected chi connectivity index (χ4v) is 1.68. The SMILES string of the molecule is CCCCCCNc1ccc(C)cc1C#N. The molecule has 0 saturated carbocycles. The monoisotopic (exact) mass is 216 g/mol. The van der Waals surface area contributed by atoms with Crippen LogP contribution in [0.25, 0.3) is 0 Å². The summed E-state index contributed by atoms with van der Waals surface area (Å²) in [5.74, 6) is 0. The summed E-state index contributed by atoms with van der Waals surface area (Å²) < 4.78 is 0. The van der Waals surface area contributed by atoms with Gasteiger partial charge in [-0.1, -0.05) is 32.3 Å². The Labute approximate surface area is 98.3 Å². The van der Waals surface area contributed by atoms with Crippen LogP contribution in [0.5, 0.6) is 0 Å². The maximum atomic E-state index is 8.99. The summed E-state index contributed by atoms with van der Waals surface area (Å²) in [6.45, 7) is 5.17. The number of unbranched alkanes of at least 4 members (excludes halogenated alkanes) is 3. The zero-order valence-corrected chi connectivity index (χ0v) is 10.2. The van der Waals surface area contributed by atoms with E-state index in [1.165, 1.54) is 25.7 Å². The minimum atomic E-state index is 0.746. The first kappa shape index (κ1) is 12.6. The molecule has 1 N–H and O–H groups in total. The van der Waals surface area contributed by atoms with E-state index in [1.54, 1.807) is 0 Å². The lowest BCUT2D eigenvalue weighted by Gasteiger charge is -2.08. The zero-order valence-electron chi connectivity index (χ0n) is 10.2. The van der Waals surface area contributed by atoms with E-state index in [0.717, 1.165) is 23.4 Å². The van der Waals surface area contributed by atoms with Crippen molar-refractivity contribution in [2.45, 2.75) is 39.5 Å².